The molecule has 0 spiro atoms. The maximum atomic E-state index is 13.6. The van der Waals surface area contributed by atoms with E-state index in [1.165, 1.54) is 6.07 Å². The number of fused-ring (bicyclic) bond motifs is 1. The highest BCUT2D eigenvalue weighted by molar-refractivity contribution is 5.72. The molecule has 0 saturated heterocycles. The van der Waals surface area contributed by atoms with Gasteiger partial charge in [0, 0.05) is 18.6 Å². The molecule has 27 heavy (non-hydrogen) atoms. The first-order chi connectivity index (χ1) is 13.2. The number of halogens is 2. The van der Waals surface area contributed by atoms with Crippen molar-refractivity contribution in [2.24, 2.45) is 0 Å². The molecule has 0 aliphatic heterocycles. The van der Waals surface area contributed by atoms with E-state index in [0.29, 0.717) is 34.8 Å². The van der Waals surface area contributed by atoms with E-state index in [1.54, 1.807) is 47.5 Å². The van der Waals surface area contributed by atoms with Crippen LogP contribution in [0.1, 0.15) is 24.9 Å². The monoisotopic (exact) mass is 366 g/mol. The Balaban J connectivity index is 1.64. The lowest BCUT2D eigenvalue weighted by molar-refractivity contribution is 0.505. The summed E-state index contributed by atoms with van der Waals surface area (Å²) >= 11 is 0. The Morgan fingerprint density at radius 1 is 1.11 bits per heavy atom. The van der Waals surface area contributed by atoms with Gasteiger partial charge in [0.25, 0.3) is 0 Å². The summed E-state index contributed by atoms with van der Waals surface area (Å²) in [4.78, 5) is 13.2. The van der Waals surface area contributed by atoms with Crippen LogP contribution in [-0.4, -0.2) is 24.6 Å². The number of rotatable bonds is 5. The van der Waals surface area contributed by atoms with Crippen molar-refractivity contribution in [2.75, 3.05) is 5.32 Å². The van der Waals surface area contributed by atoms with Crippen LogP contribution in [0, 0.1) is 11.6 Å². The Bertz CT molecular complexity index is 1090. The van der Waals surface area contributed by atoms with Gasteiger partial charge in [0.2, 0.25) is 0 Å². The molecule has 0 fully saturated rings. The number of anilines is 1. The normalized spacial score (nSPS) is 12.3. The SMILES string of the molecule is CC[C@H](Nc1ccnc(-c2cnn3cccnc23)n1)c1ccc(F)c(F)c1. The molecule has 4 aromatic rings. The minimum absolute atomic E-state index is 0.218. The molecule has 0 amide bonds. The van der Waals surface area contributed by atoms with Crippen LogP contribution in [0.2, 0.25) is 0 Å². The molecule has 6 nitrogen and oxygen atoms in total. The van der Waals surface area contributed by atoms with Crippen molar-refractivity contribution in [1.82, 2.24) is 24.6 Å². The summed E-state index contributed by atoms with van der Waals surface area (Å²) in [5.74, 6) is -0.673. The molecule has 0 radical (unpaired) electrons. The summed E-state index contributed by atoms with van der Waals surface area (Å²) in [6.07, 6.45) is 7.44. The second-order valence-electron chi connectivity index (χ2n) is 5.99. The zero-order valence-electron chi connectivity index (χ0n) is 14.5. The van der Waals surface area contributed by atoms with Crippen molar-refractivity contribution >= 4 is 11.5 Å². The van der Waals surface area contributed by atoms with E-state index in [-0.39, 0.29) is 6.04 Å². The molecule has 4 rings (SSSR count). The number of nitrogens with zero attached hydrogens (tertiary/aromatic N) is 5. The molecule has 1 N–H and O–H groups in total. The molecule has 136 valence electrons. The van der Waals surface area contributed by atoms with Crippen molar-refractivity contribution < 1.29 is 8.78 Å². The molecule has 0 unspecified atom stereocenters. The summed E-state index contributed by atoms with van der Waals surface area (Å²) in [7, 11) is 0. The lowest BCUT2D eigenvalue weighted by Gasteiger charge is -2.18. The Kier molecular flexibility index (Phi) is 4.45. The number of hydrogen-bond acceptors (Lipinski definition) is 5. The van der Waals surface area contributed by atoms with E-state index in [1.807, 2.05) is 6.92 Å². The highest BCUT2D eigenvalue weighted by atomic mass is 19.2. The smallest absolute Gasteiger partial charge is 0.166 e. The van der Waals surface area contributed by atoms with E-state index in [4.69, 9.17) is 0 Å². The first kappa shape index (κ1) is 17.0. The fourth-order valence-electron chi connectivity index (χ4n) is 2.88. The third-order valence-electron chi connectivity index (χ3n) is 4.25. The quantitative estimate of drug-likeness (QED) is 0.578. The Labute approximate surface area is 153 Å². The van der Waals surface area contributed by atoms with Gasteiger partial charge in [-0.1, -0.05) is 13.0 Å². The molecule has 0 saturated carbocycles. The molecular weight excluding hydrogens is 350 g/mol. The van der Waals surface area contributed by atoms with Gasteiger partial charge in [0.05, 0.1) is 17.8 Å². The third kappa shape index (κ3) is 3.33. The molecule has 0 aliphatic rings. The maximum absolute atomic E-state index is 13.6. The van der Waals surface area contributed by atoms with E-state index in [9.17, 15) is 8.78 Å². The lowest BCUT2D eigenvalue weighted by Crippen LogP contribution is -2.12. The number of nitrogens with one attached hydrogen (secondary N) is 1. The molecule has 1 atom stereocenters. The fourth-order valence-corrected chi connectivity index (χ4v) is 2.88. The van der Waals surface area contributed by atoms with Crippen molar-refractivity contribution in [3.8, 4) is 11.4 Å². The summed E-state index contributed by atoms with van der Waals surface area (Å²) < 4.78 is 28.4. The maximum Gasteiger partial charge on any atom is 0.166 e. The van der Waals surface area contributed by atoms with Crippen LogP contribution in [-0.2, 0) is 0 Å². The molecule has 3 aromatic heterocycles. The van der Waals surface area contributed by atoms with Crippen LogP contribution in [0.25, 0.3) is 17.0 Å². The van der Waals surface area contributed by atoms with E-state index in [2.05, 4.69) is 25.4 Å². The van der Waals surface area contributed by atoms with Gasteiger partial charge in [0.1, 0.15) is 5.82 Å². The minimum atomic E-state index is -0.867. The predicted octanol–water partition coefficient (Wildman–Crippen LogP) is 4.03. The summed E-state index contributed by atoms with van der Waals surface area (Å²) in [5.41, 5.74) is 2.01. The highest BCUT2D eigenvalue weighted by Crippen LogP contribution is 2.25. The number of aromatic nitrogens is 5. The standard InChI is InChI=1S/C19H16F2N6/c1-2-16(12-4-5-14(20)15(21)10-12)25-17-6-8-22-18(26-17)13-11-24-27-9-3-7-23-19(13)27/h3-11,16H,2H2,1H3,(H,22,25,26)/t16-/m0/s1. The largest absolute Gasteiger partial charge is 0.363 e. The number of benzene rings is 1. The number of hydrogen-bond donors (Lipinski definition) is 1. The summed E-state index contributed by atoms with van der Waals surface area (Å²) in [6, 6.07) is 7.20. The fraction of sp³-hybridized carbons (Fsp3) is 0.158. The van der Waals surface area contributed by atoms with Crippen molar-refractivity contribution in [3.63, 3.8) is 0 Å². The Hall–Kier alpha value is -3.42. The van der Waals surface area contributed by atoms with Crippen LogP contribution < -0.4 is 5.32 Å². The average molecular weight is 366 g/mol. The van der Waals surface area contributed by atoms with Gasteiger partial charge in [0.15, 0.2) is 23.1 Å². The molecule has 0 aliphatic carbocycles. The average Bonchev–Trinajstić information content (AvgIpc) is 3.13. The summed E-state index contributed by atoms with van der Waals surface area (Å²) in [5, 5.41) is 7.50. The van der Waals surface area contributed by atoms with Gasteiger partial charge >= 0.3 is 0 Å². The topological polar surface area (TPSA) is 68.0 Å². The third-order valence-corrected chi connectivity index (χ3v) is 4.25. The van der Waals surface area contributed by atoms with Crippen molar-refractivity contribution in [3.05, 3.63) is 72.3 Å². The van der Waals surface area contributed by atoms with E-state index in [0.717, 1.165) is 6.07 Å². The Morgan fingerprint density at radius 3 is 2.81 bits per heavy atom. The van der Waals surface area contributed by atoms with Gasteiger partial charge in [-0.3, -0.25) is 0 Å². The van der Waals surface area contributed by atoms with Gasteiger partial charge in [-0.25, -0.2) is 28.2 Å². The van der Waals surface area contributed by atoms with Crippen LogP contribution in [0.3, 0.4) is 0 Å². The predicted molar refractivity (Wildman–Crippen MR) is 97.0 cm³/mol. The van der Waals surface area contributed by atoms with Gasteiger partial charge in [-0.2, -0.15) is 5.10 Å². The van der Waals surface area contributed by atoms with E-state index < -0.39 is 11.6 Å². The van der Waals surface area contributed by atoms with Crippen LogP contribution in [0.15, 0.2) is 55.1 Å². The van der Waals surface area contributed by atoms with Crippen molar-refractivity contribution in [2.45, 2.75) is 19.4 Å². The van der Waals surface area contributed by atoms with Crippen molar-refractivity contribution in [1.29, 1.82) is 0 Å². The second kappa shape index (κ2) is 7.06. The first-order valence-corrected chi connectivity index (χ1v) is 8.49. The minimum Gasteiger partial charge on any atom is -0.363 e. The summed E-state index contributed by atoms with van der Waals surface area (Å²) in [6.45, 7) is 1.95. The van der Waals surface area contributed by atoms with Crippen LogP contribution >= 0.6 is 0 Å². The van der Waals surface area contributed by atoms with Crippen LogP contribution in [0.4, 0.5) is 14.6 Å². The molecule has 0 bridgehead atoms. The van der Waals surface area contributed by atoms with Gasteiger partial charge < -0.3 is 5.32 Å². The highest BCUT2D eigenvalue weighted by Gasteiger charge is 2.15. The molecule has 1 aromatic carbocycles. The molecule has 3 heterocycles. The van der Waals surface area contributed by atoms with Gasteiger partial charge in [-0.05, 0) is 36.2 Å². The second-order valence-corrected chi connectivity index (χ2v) is 5.99. The van der Waals surface area contributed by atoms with E-state index >= 15 is 0 Å². The molecule has 8 heteroatoms. The Morgan fingerprint density at radius 2 is 2.00 bits per heavy atom. The van der Waals surface area contributed by atoms with Gasteiger partial charge in [-0.15, -0.1) is 0 Å². The lowest BCUT2D eigenvalue weighted by atomic mass is 10.0. The van der Waals surface area contributed by atoms with Crippen LogP contribution in [0.5, 0.6) is 0 Å². The zero-order chi connectivity index (χ0) is 18.8. The molecular formula is C19H16F2N6. The first-order valence-electron chi connectivity index (χ1n) is 8.49. The zero-order valence-corrected chi connectivity index (χ0v) is 14.5.